The highest BCUT2D eigenvalue weighted by Gasteiger charge is 2.54. The third-order valence-electron chi connectivity index (χ3n) is 25.3. The smallest absolute Gasteiger partial charge is 0.264 e. The molecule has 0 spiro atoms. The lowest BCUT2D eigenvalue weighted by molar-refractivity contribution is -0.333. The van der Waals surface area contributed by atoms with Gasteiger partial charge in [-0.15, -0.1) is 0 Å². The van der Waals surface area contributed by atoms with Crippen LogP contribution in [0, 0.1) is 29.6 Å². The molecule has 6 aromatic rings. The maximum absolute atomic E-state index is 16.7. The number of likely N-dealkylation sites (N-methyl/N-ethyl adjacent to an activating group) is 1. The van der Waals surface area contributed by atoms with Crippen LogP contribution in [-0.2, 0) is 73.1 Å². The Morgan fingerprint density at radius 2 is 1.36 bits per heavy atom. The maximum Gasteiger partial charge on any atom is 0.264 e. The molecule has 18 rings (SSSR count). The Morgan fingerprint density at radius 1 is 0.701 bits per heavy atom. The van der Waals surface area contributed by atoms with Crippen molar-refractivity contribution in [3.63, 3.8) is 0 Å². The number of sulfonamides is 1. The lowest BCUT2D eigenvalue weighted by Crippen LogP contribution is -2.64. The van der Waals surface area contributed by atoms with Crippen molar-refractivity contribution >= 4 is 68.9 Å². The number of aromatic hydroxyl groups is 1. The van der Waals surface area contributed by atoms with Gasteiger partial charge in [-0.05, 0) is 214 Å². The fraction of sp³-hybridized carbons (Fsp3) is 0.500. The van der Waals surface area contributed by atoms with Crippen molar-refractivity contribution in [2.24, 2.45) is 35.3 Å². The zero-order valence-electron chi connectivity index (χ0n) is 70.1. The predicted molar refractivity (Wildman–Crippen MR) is 447 cm³/mol. The highest BCUT2D eigenvalue weighted by Crippen LogP contribution is 2.56. The molecule has 0 aromatic heterocycles. The van der Waals surface area contributed by atoms with Crippen LogP contribution in [-0.4, -0.2) is 220 Å². The third-order valence-corrected chi connectivity index (χ3v) is 27.0. The molecule has 5 aliphatic carbocycles. The molecule has 4 saturated carbocycles. The molecule has 39 heteroatoms. The van der Waals surface area contributed by atoms with Crippen LogP contribution in [0.3, 0.4) is 0 Å². The van der Waals surface area contributed by atoms with E-state index in [4.69, 9.17) is 55.2 Å². The van der Waals surface area contributed by atoms with E-state index in [0.717, 1.165) is 74.6 Å². The number of rotatable bonds is 22. The van der Waals surface area contributed by atoms with Crippen molar-refractivity contribution in [3.8, 4) is 51.4 Å². The first kappa shape index (κ1) is 91.5. The van der Waals surface area contributed by atoms with Gasteiger partial charge >= 0.3 is 0 Å². The van der Waals surface area contributed by atoms with Gasteiger partial charge in [-0.3, -0.25) is 38.4 Å². The number of benzene rings is 6. The molecule has 2 saturated heterocycles. The Balaban J connectivity index is 0.909. The number of hydrogen-bond acceptors (Lipinski definition) is 29. The van der Waals surface area contributed by atoms with Crippen LogP contribution < -0.4 is 71.9 Å². The molecule has 6 fully saturated rings. The highest BCUT2D eigenvalue weighted by atomic mass is 35.5. The average molecular weight is 1800 g/mol. The fourth-order valence-corrected chi connectivity index (χ4v) is 20.3. The summed E-state index contributed by atoms with van der Waals surface area (Å²) in [6.07, 6.45) is -14.1. The summed E-state index contributed by atoms with van der Waals surface area (Å²) < 4.78 is 80.8. The Kier molecular flexibility index (Phi) is 26.7. The van der Waals surface area contributed by atoms with Crippen molar-refractivity contribution in [2.45, 2.75) is 218 Å². The van der Waals surface area contributed by atoms with Crippen LogP contribution in [0.15, 0.2) is 114 Å². The molecule has 127 heavy (non-hydrogen) atoms. The molecule has 0 unspecified atom stereocenters. The summed E-state index contributed by atoms with van der Waals surface area (Å²) in [4.78, 5) is 125. The standard InChI is InChI=1S/C88H105ClN10O27S/c1-7-119-21-8-22-120-49-15-17-51(18-16-49)127(117,118)99-63(102)35-58-80(109)94-68-47-31-60(76(126-86-77(75(106)74(105)62(37-100)124-86)125-64-36-87(5,90)78(107)39(4)121-64)61(32-47)123-59-20-12-44(30-56(59)89)73(104)71(84(113)92-58)97-79(108)57(91-6)23-38(2)3)122-50-13-9-42(10-14-50)72(103)70-85(114)96-69(83(112)93-66-45-25-40-24-41(27-45)28-46(66)26-40)53-33-48(101)34-55-65(53)52-29-43(11-19-54(52)88(55,115)116)67(81(110)98-70)95-82(68)111/h9-20,29-34,38-41,45-46,57-58,62,64,66-75,77-78,86,91,100-101,103-107,115-116H,7-8,21-28,35-37,90H2,1-6H3,(H,92,113)(H,93,112)(H,94,109)(H,95,111)(H,96,114)(H,97,108)(H,98,110)(H,99,102)/t39-,40?,41?,45?,46?,57+,58-,62+,64-,66?,67+,68+,69-,70-,71+,72+,73+,74+,75-,77+,78+,86-,87-/m0/s1. The molecular formula is C88H105ClN10O27S. The van der Waals surface area contributed by atoms with E-state index in [9.17, 15) is 64.0 Å². The van der Waals surface area contributed by atoms with Gasteiger partial charge < -0.3 is 132 Å². The van der Waals surface area contributed by atoms with E-state index in [-0.39, 0.29) is 110 Å². The average Bonchev–Trinajstić information content (AvgIpc) is 1.56. The monoisotopic (exact) mass is 1800 g/mol. The first-order valence-electron chi connectivity index (χ1n) is 42.4. The van der Waals surface area contributed by atoms with Crippen molar-refractivity contribution in [3.05, 3.63) is 153 Å². The molecule has 20 N–H and O–H groups in total. The molecular weight excluding hydrogens is 1700 g/mol. The zero-order valence-corrected chi connectivity index (χ0v) is 71.7. The Labute approximate surface area is 734 Å². The quantitative estimate of drug-likeness (QED) is 0.0342. The van der Waals surface area contributed by atoms with Gasteiger partial charge in [-0.2, -0.15) is 0 Å². The van der Waals surface area contributed by atoms with Gasteiger partial charge in [0.25, 0.3) is 10.0 Å². The van der Waals surface area contributed by atoms with Gasteiger partial charge in [0, 0.05) is 48.8 Å². The molecule has 682 valence electrons. The van der Waals surface area contributed by atoms with Gasteiger partial charge in [0.15, 0.2) is 23.9 Å². The molecule has 12 aliphatic rings. The lowest BCUT2D eigenvalue weighted by atomic mass is 9.54. The number of aliphatic hydroxyl groups excluding tert-OH is 6. The zero-order chi connectivity index (χ0) is 90.7. The van der Waals surface area contributed by atoms with Crippen LogP contribution in [0.2, 0.25) is 5.02 Å². The number of carbonyl (C=O) groups excluding carboxylic acids is 8. The largest absolute Gasteiger partial charge is 0.508 e. The first-order valence-corrected chi connectivity index (χ1v) is 44.2. The van der Waals surface area contributed by atoms with E-state index < -0.39 is 219 Å². The number of nitrogens with one attached hydrogen (secondary N) is 9. The number of nitrogens with two attached hydrogens (primary N) is 1. The number of carbonyl (C=O) groups is 8. The van der Waals surface area contributed by atoms with E-state index in [0.29, 0.717) is 31.5 Å². The number of hydrogen-bond donors (Lipinski definition) is 19. The molecule has 7 heterocycles. The summed E-state index contributed by atoms with van der Waals surface area (Å²) in [6.45, 7) is 8.52. The van der Waals surface area contributed by atoms with Gasteiger partial charge in [0.1, 0.15) is 89.8 Å². The number of fused-ring (bicyclic) bond motifs is 12. The van der Waals surface area contributed by atoms with Crippen LogP contribution in [0.25, 0.3) is 11.1 Å². The summed E-state index contributed by atoms with van der Waals surface area (Å²) in [6, 6.07) is 6.76. The minimum atomic E-state index is -4.93. The van der Waals surface area contributed by atoms with Crippen molar-refractivity contribution in [1.82, 2.24) is 47.3 Å². The van der Waals surface area contributed by atoms with Gasteiger partial charge in [0.05, 0.1) is 47.8 Å². The second-order valence-electron chi connectivity index (χ2n) is 34.9. The van der Waals surface area contributed by atoms with Crippen molar-refractivity contribution < 1.29 is 131 Å². The van der Waals surface area contributed by atoms with Crippen LogP contribution >= 0.6 is 11.6 Å². The lowest BCUT2D eigenvalue weighted by Gasteiger charge is -2.54. The summed E-state index contributed by atoms with van der Waals surface area (Å²) in [5.74, 6) is -15.0. The summed E-state index contributed by atoms with van der Waals surface area (Å²) >= 11 is 7.22. The topological polar surface area (TPSA) is 561 Å². The normalized spacial score (nSPS) is 30.9. The summed E-state index contributed by atoms with van der Waals surface area (Å²) in [7, 11) is -3.47. The molecule has 8 amide bonds. The number of phenolic OH excluding ortho intramolecular Hbond substituents is 1. The minimum absolute atomic E-state index is 0.0688. The maximum atomic E-state index is 16.7. The summed E-state index contributed by atoms with van der Waals surface area (Å²) in [5, 5.41) is 129. The predicted octanol–water partition coefficient (Wildman–Crippen LogP) is 2.22. The number of ether oxygens (including phenoxy) is 8. The molecule has 7 aliphatic heterocycles. The van der Waals surface area contributed by atoms with E-state index in [1.165, 1.54) is 87.6 Å². The Bertz CT molecular complexity index is 5290. The molecule has 6 aromatic carbocycles. The Hall–Kier alpha value is -10.2. The van der Waals surface area contributed by atoms with E-state index in [1.54, 1.807) is 0 Å². The molecule has 37 nitrogen and oxygen atoms in total. The van der Waals surface area contributed by atoms with Crippen LogP contribution in [0.5, 0.6) is 40.2 Å². The Morgan fingerprint density at radius 3 is 2.02 bits per heavy atom. The van der Waals surface area contributed by atoms with Crippen molar-refractivity contribution in [2.75, 3.05) is 33.5 Å². The van der Waals surface area contributed by atoms with E-state index in [1.807, 2.05) is 25.5 Å². The highest BCUT2D eigenvalue weighted by molar-refractivity contribution is 7.90. The number of halogens is 1. The first-order chi connectivity index (χ1) is 60.4. The van der Waals surface area contributed by atoms with E-state index >= 15 is 28.8 Å². The number of aliphatic hydroxyl groups is 8. The second kappa shape index (κ2) is 37.1. The fourth-order valence-electron chi connectivity index (χ4n) is 19.1. The number of phenols is 1. The van der Waals surface area contributed by atoms with Gasteiger partial charge in [-0.25, -0.2) is 13.1 Å². The number of amides is 8. The SMILES string of the molecule is CCOCCCOc1ccc(S(=O)(=O)NC(=O)C[C@@H]2NC(=O)[C@H](NC(=O)[C@@H](CC(C)C)NC)[C@H](O)c3ccc(c(Cl)c3)Oc3cc4cc(c3O[C@@H]3O[C@H](CO)[C@@H](O)[C@H](O)[C@H]3O[C@H]3C[C@](C)(N)[C@H](O)[C@H](C)O3)Oc3ccc(cc3)[C@@H](O)[C@@H]3NC(=O)[C@H](NC(=O)[C@@H]4NC2=O)c2ccc4c(c2)-c2c(cc(O)cc2C4(O)O)[C@@H](C(=O)NC2C4CC5CC(C4)CC2C5)NC3=O)cc1. The van der Waals surface area contributed by atoms with Crippen LogP contribution in [0.4, 0.5) is 0 Å². The van der Waals surface area contributed by atoms with Gasteiger partial charge in [0.2, 0.25) is 65.1 Å². The molecule has 18 atom stereocenters. The van der Waals surface area contributed by atoms with Gasteiger partial charge in [-0.1, -0.05) is 55.8 Å². The third kappa shape index (κ3) is 19.0. The molecule has 0 radical (unpaired) electrons. The minimum Gasteiger partial charge on any atom is -0.508 e. The van der Waals surface area contributed by atoms with E-state index in [2.05, 4.69) is 42.5 Å². The van der Waals surface area contributed by atoms with Crippen molar-refractivity contribution in [1.29, 1.82) is 0 Å². The summed E-state index contributed by atoms with van der Waals surface area (Å²) in [5.41, 5.74) is 3.03. The molecule has 15 bridgehead atoms. The second-order valence-corrected chi connectivity index (χ2v) is 37.0. The van der Waals surface area contributed by atoms with Crippen LogP contribution in [0.1, 0.15) is 162 Å².